The molecule has 0 saturated carbocycles. The van der Waals surface area contributed by atoms with Gasteiger partial charge in [0, 0.05) is 18.3 Å². The maximum atomic E-state index is 5.70. The molecule has 0 saturated heterocycles. The SMILES string of the molecule is COc1ncc(CN)c(Cl)n1. The molecular weight excluding hydrogens is 166 g/mol. The highest BCUT2D eigenvalue weighted by Gasteiger charge is 2.01. The Bertz CT molecular complexity index is 254. The van der Waals surface area contributed by atoms with E-state index in [4.69, 9.17) is 22.1 Å². The highest BCUT2D eigenvalue weighted by molar-refractivity contribution is 6.30. The lowest BCUT2D eigenvalue weighted by molar-refractivity contribution is 0.379. The van der Waals surface area contributed by atoms with Crippen molar-refractivity contribution >= 4 is 11.6 Å². The molecule has 1 aromatic heterocycles. The summed E-state index contributed by atoms with van der Waals surface area (Å²) in [5.74, 6) is 0. The molecule has 0 fully saturated rings. The average Bonchev–Trinajstić information content (AvgIpc) is 2.04. The van der Waals surface area contributed by atoms with E-state index >= 15 is 0 Å². The molecule has 1 aromatic rings. The zero-order valence-corrected chi connectivity index (χ0v) is 6.80. The summed E-state index contributed by atoms with van der Waals surface area (Å²) in [6, 6.07) is 0.257. The number of rotatable bonds is 2. The Morgan fingerprint density at radius 2 is 2.45 bits per heavy atom. The number of ether oxygens (including phenoxy) is 1. The number of nitrogens with zero attached hydrogens (tertiary/aromatic N) is 2. The van der Waals surface area contributed by atoms with E-state index in [9.17, 15) is 0 Å². The van der Waals surface area contributed by atoms with Gasteiger partial charge >= 0.3 is 6.01 Å². The number of nitrogens with two attached hydrogens (primary N) is 1. The van der Waals surface area contributed by atoms with Crippen LogP contribution in [0.2, 0.25) is 5.15 Å². The van der Waals surface area contributed by atoms with E-state index in [0.29, 0.717) is 17.3 Å². The second kappa shape index (κ2) is 3.50. The number of methoxy groups -OCH3 is 1. The van der Waals surface area contributed by atoms with Crippen molar-refractivity contribution in [2.75, 3.05) is 7.11 Å². The number of aromatic nitrogens is 2. The Hall–Kier alpha value is -0.870. The molecule has 0 unspecified atom stereocenters. The van der Waals surface area contributed by atoms with Gasteiger partial charge in [-0.3, -0.25) is 0 Å². The molecule has 0 aliphatic heterocycles. The van der Waals surface area contributed by atoms with Gasteiger partial charge in [-0.1, -0.05) is 11.6 Å². The topological polar surface area (TPSA) is 61.0 Å². The zero-order valence-electron chi connectivity index (χ0n) is 6.04. The molecule has 0 spiro atoms. The summed E-state index contributed by atoms with van der Waals surface area (Å²) >= 11 is 5.70. The maximum absolute atomic E-state index is 5.70. The van der Waals surface area contributed by atoms with Crippen molar-refractivity contribution in [3.8, 4) is 6.01 Å². The Morgan fingerprint density at radius 1 is 1.73 bits per heavy atom. The smallest absolute Gasteiger partial charge is 0.317 e. The largest absolute Gasteiger partial charge is 0.467 e. The third-order valence-corrected chi connectivity index (χ3v) is 1.52. The molecule has 4 nitrogen and oxygen atoms in total. The minimum Gasteiger partial charge on any atom is -0.467 e. The fraction of sp³-hybridized carbons (Fsp3) is 0.333. The minimum atomic E-state index is 0.257. The summed E-state index contributed by atoms with van der Waals surface area (Å²) < 4.78 is 4.75. The Labute approximate surface area is 69.4 Å². The summed E-state index contributed by atoms with van der Waals surface area (Å²) in [7, 11) is 1.48. The molecule has 60 valence electrons. The van der Waals surface area contributed by atoms with Gasteiger partial charge < -0.3 is 10.5 Å². The standard InChI is InChI=1S/C6H8ClN3O/c1-11-6-9-3-4(2-8)5(7)10-6/h3H,2,8H2,1H3. The van der Waals surface area contributed by atoms with Crippen LogP contribution in [0.3, 0.4) is 0 Å². The Morgan fingerprint density at radius 3 is 2.91 bits per heavy atom. The molecule has 2 N–H and O–H groups in total. The highest BCUT2D eigenvalue weighted by Crippen LogP contribution is 2.13. The summed E-state index contributed by atoms with van der Waals surface area (Å²) in [4.78, 5) is 7.65. The van der Waals surface area contributed by atoms with Gasteiger partial charge in [0.15, 0.2) is 0 Å². The van der Waals surface area contributed by atoms with Crippen LogP contribution in [0.5, 0.6) is 6.01 Å². The van der Waals surface area contributed by atoms with Crippen LogP contribution in [0.25, 0.3) is 0 Å². The molecule has 11 heavy (non-hydrogen) atoms. The summed E-state index contributed by atoms with van der Waals surface area (Å²) in [5.41, 5.74) is 6.05. The van der Waals surface area contributed by atoms with E-state index in [-0.39, 0.29) is 6.01 Å². The summed E-state index contributed by atoms with van der Waals surface area (Å²) in [6.45, 7) is 0.336. The second-order valence-corrected chi connectivity index (χ2v) is 2.23. The first-order valence-corrected chi connectivity index (χ1v) is 3.41. The molecule has 1 rings (SSSR count). The molecular formula is C6H8ClN3O. The van der Waals surface area contributed by atoms with Crippen molar-refractivity contribution in [2.45, 2.75) is 6.54 Å². The van der Waals surface area contributed by atoms with Crippen LogP contribution < -0.4 is 10.5 Å². The van der Waals surface area contributed by atoms with Gasteiger partial charge in [-0.15, -0.1) is 0 Å². The molecule has 5 heteroatoms. The van der Waals surface area contributed by atoms with E-state index in [2.05, 4.69) is 9.97 Å². The van der Waals surface area contributed by atoms with Gasteiger partial charge in [0.25, 0.3) is 0 Å². The van der Waals surface area contributed by atoms with Crippen molar-refractivity contribution in [3.63, 3.8) is 0 Å². The average molecular weight is 174 g/mol. The molecule has 0 bridgehead atoms. The van der Waals surface area contributed by atoms with Crippen LogP contribution in [-0.4, -0.2) is 17.1 Å². The van der Waals surface area contributed by atoms with Crippen LogP contribution in [0.1, 0.15) is 5.56 Å². The van der Waals surface area contributed by atoms with Crippen molar-refractivity contribution in [1.82, 2.24) is 9.97 Å². The first-order valence-electron chi connectivity index (χ1n) is 3.03. The first kappa shape index (κ1) is 8.23. The van der Waals surface area contributed by atoms with Crippen molar-refractivity contribution < 1.29 is 4.74 Å². The molecule has 0 radical (unpaired) electrons. The van der Waals surface area contributed by atoms with Crippen LogP contribution in [0.15, 0.2) is 6.20 Å². The normalized spacial score (nSPS) is 9.73. The fourth-order valence-electron chi connectivity index (χ4n) is 0.606. The van der Waals surface area contributed by atoms with Crippen molar-refractivity contribution in [3.05, 3.63) is 16.9 Å². The molecule has 0 aromatic carbocycles. The molecule has 0 aliphatic carbocycles. The zero-order chi connectivity index (χ0) is 8.27. The number of hydrogen-bond acceptors (Lipinski definition) is 4. The third kappa shape index (κ3) is 1.78. The van der Waals surface area contributed by atoms with Crippen LogP contribution in [0.4, 0.5) is 0 Å². The fourth-order valence-corrected chi connectivity index (χ4v) is 0.805. The van der Waals surface area contributed by atoms with Gasteiger partial charge in [-0.2, -0.15) is 4.98 Å². The summed E-state index contributed by atoms with van der Waals surface area (Å²) in [6.07, 6.45) is 1.55. The van der Waals surface area contributed by atoms with Crippen molar-refractivity contribution in [1.29, 1.82) is 0 Å². The lowest BCUT2D eigenvalue weighted by atomic mass is 10.3. The maximum Gasteiger partial charge on any atom is 0.317 e. The van der Waals surface area contributed by atoms with Gasteiger partial charge in [0.05, 0.1) is 7.11 Å². The highest BCUT2D eigenvalue weighted by atomic mass is 35.5. The molecule has 0 aliphatic rings. The lowest BCUT2D eigenvalue weighted by Crippen LogP contribution is -2.01. The van der Waals surface area contributed by atoms with E-state index in [1.807, 2.05) is 0 Å². The second-order valence-electron chi connectivity index (χ2n) is 1.88. The van der Waals surface area contributed by atoms with Gasteiger partial charge in [0.1, 0.15) is 5.15 Å². The van der Waals surface area contributed by atoms with Gasteiger partial charge in [-0.05, 0) is 0 Å². The monoisotopic (exact) mass is 173 g/mol. The number of hydrogen-bond donors (Lipinski definition) is 1. The van der Waals surface area contributed by atoms with E-state index in [1.165, 1.54) is 7.11 Å². The lowest BCUT2D eigenvalue weighted by Gasteiger charge is -2.00. The number of halogens is 1. The predicted octanol–water partition coefficient (Wildman–Crippen LogP) is 0.597. The third-order valence-electron chi connectivity index (χ3n) is 1.19. The van der Waals surface area contributed by atoms with Crippen LogP contribution in [0, 0.1) is 0 Å². The van der Waals surface area contributed by atoms with Crippen LogP contribution in [-0.2, 0) is 6.54 Å². The van der Waals surface area contributed by atoms with E-state index < -0.39 is 0 Å². The summed E-state index contributed by atoms with van der Waals surface area (Å²) in [5, 5.41) is 0.347. The van der Waals surface area contributed by atoms with E-state index in [1.54, 1.807) is 6.20 Å². The predicted molar refractivity (Wildman–Crippen MR) is 41.5 cm³/mol. The van der Waals surface area contributed by atoms with Gasteiger partial charge in [0.2, 0.25) is 0 Å². The molecule has 0 amide bonds. The van der Waals surface area contributed by atoms with E-state index in [0.717, 1.165) is 0 Å². The molecule has 0 atom stereocenters. The Balaban J connectivity index is 2.99. The van der Waals surface area contributed by atoms with Crippen molar-refractivity contribution in [2.24, 2.45) is 5.73 Å². The quantitative estimate of drug-likeness (QED) is 0.666. The minimum absolute atomic E-state index is 0.257. The van der Waals surface area contributed by atoms with Crippen LogP contribution >= 0.6 is 11.6 Å². The molecule has 1 heterocycles. The van der Waals surface area contributed by atoms with Gasteiger partial charge in [-0.25, -0.2) is 4.98 Å². The first-order chi connectivity index (χ1) is 5.27. The Kier molecular flexibility index (Phi) is 2.62.